The maximum atomic E-state index is 14.5. The lowest BCUT2D eigenvalue weighted by Crippen LogP contribution is -2.54. The number of hydrogen-bond donors (Lipinski definition) is 1. The normalized spacial score (nSPS) is 12.6. The summed E-state index contributed by atoms with van der Waals surface area (Å²) in [4.78, 5) is 29.8. The molecular formula is C34H35BrClN3O4S. The Labute approximate surface area is 273 Å². The van der Waals surface area contributed by atoms with Crippen LogP contribution in [0.2, 0.25) is 5.02 Å². The molecule has 4 aromatic carbocycles. The van der Waals surface area contributed by atoms with E-state index in [-0.39, 0.29) is 29.8 Å². The van der Waals surface area contributed by atoms with Crippen molar-refractivity contribution in [2.75, 3.05) is 10.8 Å². The number of anilines is 1. The molecule has 0 fully saturated rings. The molecular weight excluding hydrogens is 662 g/mol. The molecule has 7 nitrogen and oxygen atoms in total. The SMILES string of the molecule is CC[C@@H](C)NC(=O)[C@H](Cc1ccccc1)N(Cc1ccccc1Cl)C(=O)CN(c1ccc(Br)cc1)S(=O)(=O)c1ccccc1. The average molecular weight is 697 g/mol. The van der Waals surface area contributed by atoms with Gasteiger partial charge in [0, 0.05) is 28.5 Å². The van der Waals surface area contributed by atoms with Gasteiger partial charge >= 0.3 is 0 Å². The molecule has 0 unspecified atom stereocenters. The van der Waals surface area contributed by atoms with Crippen LogP contribution in [0.1, 0.15) is 31.4 Å². The number of halogens is 2. The van der Waals surface area contributed by atoms with Crippen molar-refractivity contribution in [2.24, 2.45) is 0 Å². The third-order valence-electron chi connectivity index (χ3n) is 7.30. The molecule has 44 heavy (non-hydrogen) atoms. The number of rotatable bonds is 13. The van der Waals surface area contributed by atoms with E-state index in [2.05, 4.69) is 21.2 Å². The van der Waals surface area contributed by atoms with Gasteiger partial charge < -0.3 is 10.2 Å². The molecule has 0 aliphatic carbocycles. The summed E-state index contributed by atoms with van der Waals surface area (Å²) < 4.78 is 29.9. The van der Waals surface area contributed by atoms with E-state index in [0.29, 0.717) is 22.7 Å². The molecule has 0 saturated carbocycles. The molecule has 0 aliphatic rings. The van der Waals surface area contributed by atoms with E-state index in [1.807, 2.05) is 50.2 Å². The van der Waals surface area contributed by atoms with Gasteiger partial charge in [0.2, 0.25) is 11.8 Å². The van der Waals surface area contributed by atoms with E-state index in [9.17, 15) is 18.0 Å². The van der Waals surface area contributed by atoms with Crippen molar-refractivity contribution in [1.82, 2.24) is 10.2 Å². The lowest BCUT2D eigenvalue weighted by molar-refractivity contribution is -0.140. The number of nitrogens with one attached hydrogen (secondary N) is 1. The molecule has 0 aliphatic heterocycles. The summed E-state index contributed by atoms with van der Waals surface area (Å²) in [6, 6.07) is 30.1. The summed E-state index contributed by atoms with van der Waals surface area (Å²) in [7, 11) is -4.16. The van der Waals surface area contributed by atoms with E-state index in [1.165, 1.54) is 17.0 Å². The number of carbonyl (C=O) groups is 2. The van der Waals surface area contributed by atoms with Crippen LogP contribution in [0.5, 0.6) is 0 Å². The molecule has 4 rings (SSSR count). The molecule has 4 aromatic rings. The van der Waals surface area contributed by atoms with Crippen LogP contribution in [0.25, 0.3) is 0 Å². The fourth-order valence-corrected chi connectivity index (χ4v) is 6.56. The summed E-state index contributed by atoms with van der Waals surface area (Å²) in [5, 5.41) is 3.47. The zero-order chi connectivity index (χ0) is 31.7. The second-order valence-corrected chi connectivity index (χ2v) is 13.6. The molecule has 0 spiro atoms. The van der Waals surface area contributed by atoms with Crippen molar-refractivity contribution >= 4 is 55.1 Å². The predicted molar refractivity (Wildman–Crippen MR) is 179 cm³/mol. The minimum absolute atomic E-state index is 0.00347. The smallest absolute Gasteiger partial charge is 0.264 e. The molecule has 0 aromatic heterocycles. The molecule has 2 amide bonds. The minimum atomic E-state index is -4.16. The summed E-state index contributed by atoms with van der Waals surface area (Å²) >= 11 is 9.94. The molecule has 0 radical (unpaired) electrons. The lowest BCUT2D eigenvalue weighted by atomic mass is 10.0. The van der Waals surface area contributed by atoms with E-state index in [4.69, 9.17) is 11.6 Å². The van der Waals surface area contributed by atoms with Crippen LogP contribution < -0.4 is 9.62 Å². The highest BCUT2D eigenvalue weighted by Gasteiger charge is 2.35. The molecule has 0 saturated heterocycles. The maximum Gasteiger partial charge on any atom is 0.264 e. The van der Waals surface area contributed by atoms with Crippen LogP contribution in [-0.4, -0.2) is 43.8 Å². The highest BCUT2D eigenvalue weighted by atomic mass is 79.9. The Balaban J connectivity index is 1.80. The van der Waals surface area contributed by atoms with Gasteiger partial charge in [-0.3, -0.25) is 13.9 Å². The average Bonchev–Trinajstić information content (AvgIpc) is 3.03. The number of sulfonamides is 1. The van der Waals surface area contributed by atoms with Gasteiger partial charge in [0.15, 0.2) is 0 Å². The van der Waals surface area contributed by atoms with Gasteiger partial charge in [-0.15, -0.1) is 0 Å². The van der Waals surface area contributed by atoms with Crippen LogP contribution in [0.15, 0.2) is 119 Å². The van der Waals surface area contributed by atoms with Crippen molar-refractivity contribution in [3.8, 4) is 0 Å². The first-order valence-electron chi connectivity index (χ1n) is 14.3. The summed E-state index contributed by atoms with van der Waals surface area (Å²) in [6.07, 6.45) is 0.929. The molecule has 230 valence electrons. The van der Waals surface area contributed by atoms with Crippen LogP contribution in [-0.2, 0) is 32.6 Å². The Bertz CT molecular complexity index is 1660. The predicted octanol–water partition coefficient (Wildman–Crippen LogP) is 6.85. The monoisotopic (exact) mass is 695 g/mol. The highest BCUT2D eigenvalue weighted by Crippen LogP contribution is 2.27. The third kappa shape index (κ3) is 8.49. The largest absolute Gasteiger partial charge is 0.352 e. The Morgan fingerprint density at radius 3 is 2.07 bits per heavy atom. The van der Waals surface area contributed by atoms with Crippen LogP contribution in [0.3, 0.4) is 0 Å². The first kappa shape index (κ1) is 33.2. The summed E-state index contributed by atoms with van der Waals surface area (Å²) in [5.41, 5.74) is 1.81. The van der Waals surface area contributed by atoms with Gasteiger partial charge in [0.1, 0.15) is 12.6 Å². The van der Waals surface area contributed by atoms with Crippen molar-refractivity contribution in [1.29, 1.82) is 0 Å². The fourth-order valence-electron chi connectivity index (χ4n) is 4.66. The van der Waals surface area contributed by atoms with Crippen molar-refractivity contribution in [3.05, 3.63) is 130 Å². The van der Waals surface area contributed by atoms with Crippen LogP contribution in [0, 0.1) is 0 Å². The number of amides is 2. The Morgan fingerprint density at radius 2 is 1.45 bits per heavy atom. The minimum Gasteiger partial charge on any atom is -0.352 e. The number of benzene rings is 4. The van der Waals surface area contributed by atoms with Crippen LogP contribution in [0.4, 0.5) is 5.69 Å². The zero-order valence-corrected chi connectivity index (χ0v) is 27.7. The Kier molecular flexibility index (Phi) is 11.6. The van der Waals surface area contributed by atoms with Crippen LogP contribution >= 0.6 is 27.5 Å². The molecule has 1 N–H and O–H groups in total. The summed E-state index contributed by atoms with van der Waals surface area (Å²) in [6.45, 7) is 3.34. The van der Waals surface area contributed by atoms with E-state index in [0.717, 1.165) is 14.3 Å². The fraction of sp³-hybridized carbons (Fsp3) is 0.235. The van der Waals surface area contributed by atoms with Crippen molar-refractivity contribution < 1.29 is 18.0 Å². The van der Waals surface area contributed by atoms with E-state index >= 15 is 0 Å². The van der Waals surface area contributed by atoms with Gasteiger partial charge in [-0.05, 0) is 66.9 Å². The number of carbonyl (C=O) groups excluding carboxylic acids is 2. The van der Waals surface area contributed by atoms with Gasteiger partial charge in [0.05, 0.1) is 10.6 Å². The molecule has 0 bridgehead atoms. The van der Waals surface area contributed by atoms with Gasteiger partial charge in [0.25, 0.3) is 10.0 Å². The lowest BCUT2D eigenvalue weighted by Gasteiger charge is -2.34. The van der Waals surface area contributed by atoms with E-state index in [1.54, 1.807) is 60.7 Å². The topological polar surface area (TPSA) is 86.8 Å². The maximum absolute atomic E-state index is 14.5. The van der Waals surface area contributed by atoms with Gasteiger partial charge in [-0.2, -0.15) is 0 Å². The van der Waals surface area contributed by atoms with Crippen molar-refractivity contribution in [3.63, 3.8) is 0 Å². The molecule has 0 heterocycles. The highest BCUT2D eigenvalue weighted by molar-refractivity contribution is 9.10. The first-order valence-corrected chi connectivity index (χ1v) is 16.9. The number of hydrogen-bond acceptors (Lipinski definition) is 4. The number of nitrogens with zero attached hydrogens (tertiary/aromatic N) is 2. The Morgan fingerprint density at radius 1 is 0.864 bits per heavy atom. The standard InChI is InChI=1S/C34H35BrClN3O4S/c1-3-25(2)37-34(41)32(22-26-12-6-4-7-13-26)38(23-27-14-10-11-17-31(27)36)33(40)24-39(29-20-18-28(35)19-21-29)44(42,43)30-15-8-5-9-16-30/h4-21,25,32H,3,22-24H2,1-2H3,(H,37,41)/t25-,32+/m1/s1. The quantitative estimate of drug-likeness (QED) is 0.166. The zero-order valence-electron chi connectivity index (χ0n) is 24.6. The Hall–Kier alpha value is -3.66. The second kappa shape index (κ2) is 15.4. The molecule has 10 heteroatoms. The second-order valence-electron chi connectivity index (χ2n) is 10.4. The van der Waals surface area contributed by atoms with Gasteiger partial charge in [-0.1, -0.05) is 101 Å². The van der Waals surface area contributed by atoms with Crippen molar-refractivity contribution in [2.45, 2.75) is 50.2 Å². The van der Waals surface area contributed by atoms with Gasteiger partial charge in [-0.25, -0.2) is 8.42 Å². The molecule has 2 atom stereocenters. The summed E-state index contributed by atoms with van der Waals surface area (Å²) in [5.74, 6) is -0.878. The first-order chi connectivity index (χ1) is 21.1. The van der Waals surface area contributed by atoms with E-state index < -0.39 is 28.5 Å². The third-order valence-corrected chi connectivity index (χ3v) is 9.98.